The molecule has 5 nitrogen and oxygen atoms in total. The zero-order valence-corrected chi connectivity index (χ0v) is 17.5. The van der Waals surface area contributed by atoms with Gasteiger partial charge in [0.25, 0.3) is 5.91 Å². The monoisotopic (exact) mass is 391 g/mol. The van der Waals surface area contributed by atoms with Crippen molar-refractivity contribution in [1.82, 2.24) is 10.2 Å². The summed E-state index contributed by atoms with van der Waals surface area (Å²) in [6.45, 7) is 4.83. The van der Waals surface area contributed by atoms with Gasteiger partial charge in [0.15, 0.2) is 5.75 Å². The molecule has 3 heterocycles. The summed E-state index contributed by atoms with van der Waals surface area (Å²) in [4.78, 5) is 17.8. The summed E-state index contributed by atoms with van der Waals surface area (Å²) in [5, 5.41) is 3.85. The quantitative estimate of drug-likeness (QED) is 0.835. The van der Waals surface area contributed by atoms with Crippen LogP contribution in [0, 0.1) is 0 Å². The molecule has 1 aromatic rings. The van der Waals surface area contributed by atoms with Gasteiger partial charge in [-0.25, -0.2) is 0 Å². The predicted octanol–water partition coefficient (Wildman–Crippen LogP) is 3.69. The average Bonchev–Trinajstić information content (AvgIpc) is 2.55. The van der Waals surface area contributed by atoms with Crippen molar-refractivity contribution in [3.63, 3.8) is 0 Å². The highest BCUT2D eigenvalue weighted by atomic mass is 35.5. The average molecular weight is 392 g/mol. The number of ether oxygens (including phenoxy) is 1. The third-order valence-corrected chi connectivity index (χ3v) is 6.58. The van der Waals surface area contributed by atoms with Gasteiger partial charge in [-0.2, -0.15) is 0 Å². The van der Waals surface area contributed by atoms with Gasteiger partial charge in [0.1, 0.15) is 5.60 Å². The maximum atomic E-state index is 13.2. The molecule has 1 unspecified atom stereocenters. The van der Waals surface area contributed by atoms with E-state index in [4.69, 9.17) is 16.3 Å². The van der Waals surface area contributed by atoms with E-state index in [1.165, 1.54) is 19.3 Å². The molecule has 148 valence electrons. The molecule has 2 fully saturated rings. The van der Waals surface area contributed by atoms with Crippen molar-refractivity contribution in [1.29, 1.82) is 0 Å². The maximum Gasteiger partial charge on any atom is 0.255 e. The van der Waals surface area contributed by atoms with E-state index in [9.17, 15) is 4.79 Å². The first kappa shape index (κ1) is 18.9. The van der Waals surface area contributed by atoms with Crippen molar-refractivity contribution >= 4 is 23.2 Å². The molecule has 0 aromatic heterocycles. The Morgan fingerprint density at radius 2 is 1.89 bits per heavy atom. The molecule has 3 aliphatic rings. The predicted molar refractivity (Wildman–Crippen MR) is 109 cm³/mol. The molecule has 2 bridgehead atoms. The summed E-state index contributed by atoms with van der Waals surface area (Å²) in [6, 6.07) is 4.99. The number of piperidine rings is 2. The van der Waals surface area contributed by atoms with Crippen molar-refractivity contribution in [2.75, 3.05) is 25.5 Å². The second-order valence-corrected chi connectivity index (χ2v) is 9.50. The minimum Gasteiger partial charge on any atom is -0.483 e. The number of anilines is 1. The molecule has 1 aromatic carbocycles. The van der Waals surface area contributed by atoms with Crippen LogP contribution < -0.4 is 15.0 Å². The molecule has 0 aliphatic carbocycles. The van der Waals surface area contributed by atoms with E-state index in [0.29, 0.717) is 28.4 Å². The van der Waals surface area contributed by atoms with Crippen LogP contribution in [0.25, 0.3) is 0 Å². The Morgan fingerprint density at radius 3 is 2.56 bits per heavy atom. The number of rotatable bonds is 2. The fourth-order valence-corrected chi connectivity index (χ4v) is 5.31. The number of likely N-dealkylation sites (N-methyl/N-ethyl adjacent to an activating group) is 1. The maximum absolute atomic E-state index is 13.2. The molecular formula is C21H30ClN3O2. The number of nitrogens with zero attached hydrogens (tertiary/aromatic N) is 2. The number of carbonyl (C=O) groups is 1. The fourth-order valence-electron chi connectivity index (χ4n) is 5.10. The second-order valence-electron chi connectivity index (χ2n) is 9.07. The van der Waals surface area contributed by atoms with E-state index < -0.39 is 0 Å². The molecule has 4 rings (SSSR count). The van der Waals surface area contributed by atoms with Gasteiger partial charge in [-0.3, -0.25) is 4.79 Å². The first-order chi connectivity index (χ1) is 12.7. The topological polar surface area (TPSA) is 44.8 Å². The van der Waals surface area contributed by atoms with Gasteiger partial charge in [-0.05, 0) is 58.7 Å². The van der Waals surface area contributed by atoms with Crippen molar-refractivity contribution in [2.45, 2.75) is 69.7 Å². The standard InChI is InChI=1S/C21H30ClN3O2/c1-21(2)12-24(3)18-9-13(22)8-17(19(18)27-21)20(26)23-14-10-15-6-5-7-16(11-14)25(15)4/h8-9,14-16H,5-7,10-12H2,1-4H3,(H,23,26)/t14?,15-,16+. The number of amides is 1. The molecule has 3 aliphatic heterocycles. The van der Waals surface area contributed by atoms with Crippen molar-refractivity contribution in [2.24, 2.45) is 0 Å². The molecule has 1 N–H and O–H groups in total. The van der Waals surface area contributed by atoms with E-state index in [-0.39, 0.29) is 17.6 Å². The summed E-state index contributed by atoms with van der Waals surface area (Å²) >= 11 is 6.33. The minimum absolute atomic E-state index is 0.0764. The number of hydrogen-bond donors (Lipinski definition) is 1. The van der Waals surface area contributed by atoms with Crippen molar-refractivity contribution in [3.05, 3.63) is 22.7 Å². The number of carbonyl (C=O) groups excluding carboxylic acids is 1. The molecule has 0 radical (unpaired) electrons. The molecule has 2 saturated heterocycles. The normalized spacial score (nSPS) is 29.7. The van der Waals surface area contributed by atoms with Gasteiger partial charge < -0.3 is 19.9 Å². The van der Waals surface area contributed by atoms with Gasteiger partial charge in [0, 0.05) is 30.2 Å². The molecular weight excluding hydrogens is 362 g/mol. The van der Waals surface area contributed by atoms with Gasteiger partial charge >= 0.3 is 0 Å². The zero-order chi connectivity index (χ0) is 19.3. The number of hydrogen-bond acceptors (Lipinski definition) is 4. The Hall–Kier alpha value is -1.46. The first-order valence-electron chi connectivity index (χ1n) is 10.00. The first-order valence-corrected chi connectivity index (χ1v) is 10.4. The molecule has 0 spiro atoms. The van der Waals surface area contributed by atoms with Crippen LogP contribution in [-0.4, -0.2) is 55.2 Å². The number of halogens is 1. The van der Waals surface area contributed by atoms with E-state index >= 15 is 0 Å². The smallest absolute Gasteiger partial charge is 0.255 e. The Balaban J connectivity index is 1.58. The molecule has 6 heteroatoms. The van der Waals surface area contributed by atoms with Crippen LogP contribution in [0.4, 0.5) is 5.69 Å². The number of benzene rings is 1. The fraction of sp³-hybridized carbons (Fsp3) is 0.667. The Morgan fingerprint density at radius 1 is 1.22 bits per heavy atom. The largest absolute Gasteiger partial charge is 0.483 e. The lowest BCUT2D eigenvalue weighted by Crippen LogP contribution is -2.55. The van der Waals surface area contributed by atoms with Gasteiger partial charge in [0.2, 0.25) is 0 Å². The van der Waals surface area contributed by atoms with Gasteiger partial charge in [-0.15, -0.1) is 0 Å². The van der Waals surface area contributed by atoms with Crippen LogP contribution in [0.15, 0.2) is 12.1 Å². The highest BCUT2D eigenvalue weighted by Crippen LogP contribution is 2.41. The third kappa shape index (κ3) is 3.64. The Labute approximate surface area is 167 Å². The molecule has 3 atom stereocenters. The summed E-state index contributed by atoms with van der Waals surface area (Å²) in [7, 11) is 4.24. The lowest BCUT2D eigenvalue weighted by molar-refractivity contribution is 0.0460. The van der Waals surface area contributed by atoms with E-state index in [2.05, 4.69) is 22.2 Å². The van der Waals surface area contributed by atoms with E-state index in [0.717, 1.165) is 25.1 Å². The van der Waals surface area contributed by atoms with Gasteiger partial charge in [0.05, 0.1) is 17.8 Å². The highest BCUT2D eigenvalue weighted by Gasteiger charge is 2.38. The van der Waals surface area contributed by atoms with Crippen LogP contribution in [0.2, 0.25) is 5.02 Å². The molecule has 0 saturated carbocycles. The number of fused-ring (bicyclic) bond motifs is 3. The number of nitrogens with one attached hydrogen (secondary N) is 1. The lowest BCUT2D eigenvalue weighted by atomic mass is 9.82. The lowest BCUT2D eigenvalue weighted by Gasteiger charge is -2.47. The van der Waals surface area contributed by atoms with Crippen molar-refractivity contribution < 1.29 is 9.53 Å². The van der Waals surface area contributed by atoms with Crippen LogP contribution in [0.1, 0.15) is 56.3 Å². The summed E-state index contributed by atoms with van der Waals surface area (Å²) in [5.74, 6) is 0.566. The van der Waals surface area contributed by atoms with Crippen LogP contribution in [0.5, 0.6) is 5.75 Å². The van der Waals surface area contributed by atoms with Crippen LogP contribution in [-0.2, 0) is 0 Å². The summed E-state index contributed by atoms with van der Waals surface area (Å²) in [5.41, 5.74) is 1.07. The van der Waals surface area contributed by atoms with Crippen molar-refractivity contribution in [3.8, 4) is 5.75 Å². The SMILES string of the molecule is CN1CC(C)(C)Oc2c(C(=O)NC3C[C@H]4CCC[C@@H](C3)N4C)cc(Cl)cc21. The molecule has 1 amide bonds. The molecule has 27 heavy (non-hydrogen) atoms. The Bertz CT molecular complexity index is 737. The highest BCUT2D eigenvalue weighted by molar-refractivity contribution is 6.31. The summed E-state index contributed by atoms with van der Waals surface area (Å²) in [6.07, 6.45) is 5.81. The third-order valence-electron chi connectivity index (χ3n) is 6.36. The summed E-state index contributed by atoms with van der Waals surface area (Å²) < 4.78 is 6.21. The minimum atomic E-state index is -0.352. The van der Waals surface area contributed by atoms with E-state index in [1.807, 2.05) is 27.0 Å². The zero-order valence-electron chi connectivity index (χ0n) is 16.7. The van der Waals surface area contributed by atoms with Crippen LogP contribution >= 0.6 is 11.6 Å². The second kappa shape index (κ2) is 6.85. The Kier molecular flexibility index (Phi) is 4.79. The van der Waals surface area contributed by atoms with Gasteiger partial charge in [-0.1, -0.05) is 18.0 Å². The van der Waals surface area contributed by atoms with E-state index in [1.54, 1.807) is 6.07 Å². The van der Waals surface area contributed by atoms with Crippen LogP contribution in [0.3, 0.4) is 0 Å².